The van der Waals surface area contributed by atoms with Gasteiger partial charge in [-0.05, 0) is 61.5 Å². The van der Waals surface area contributed by atoms with Gasteiger partial charge < -0.3 is 24.4 Å². The van der Waals surface area contributed by atoms with Gasteiger partial charge in [-0.2, -0.15) is 18.0 Å². The van der Waals surface area contributed by atoms with Gasteiger partial charge in [0.15, 0.2) is 23.2 Å². The zero-order valence-corrected chi connectivity index (χ0v) is 33.9. The number of amides is 3. The summed E-state index contributed by atoms with van der Waals surface area (Å²) < 4.78 is 55.9. The van der Waals surface area contributed by atoms with E-state index in [1.54, 1.807) is 53.7 Å². The minimum atomic E-state index is -4.99. The lowest BCUT2D eigenvalue weighted by molar-refractivity contribution is -0.696. The summed E-state index contributed by atoms with van der Waals surface area (Å²) in [7, 11) is -4.99. The zero-order chi connectivity index (χ0) is 41.5. The van der Waals surface area contributed by atoms with E-state index >= 15 is 0 Å². The van der Waals surface area contributed by atoms with Gasteiger partial charge in [-0.25, -0.2) is 24.1 Å². The summed E-state index contributed by atoms with van der Waals surface area (Å²) in [6.07, 6.45) is 6.16. The first-order chi connectivity index (χ1) is 26.0. The van der Waals surface area contributed by atoms with Crippen molar-refractivity contribution in [2.75, 3.05) is 25.1 Å². The largest absolute Gasteiger partial charge is 0.488 e. The van der Waals surface area contributed by atoms with Gasteiger partial charge in [0, 0.05) is 30.8 Å². The molecule has 0 spiro atoms. The standard InChI is InChI=1S/C34H46N8O12S2/c1-32(2,3)52-30(45)35-12-9-13-40-14-15-41(21-40)26-11-10-22(19-36-26)50-16-17-51-39-27(24-20-55-29(37-24)38-31(46)53-33(4,5)6)25(43)18-23-28(44)42(34(23,7)8)54-56(47,48)49/h10-11,14-15,19-21,23H,9,12-13,16-18H2,1-8H3,(H2-,35,37,38,45,46,47,48,49)/p+1/b39-27-/t23-/m1/s1. The molecule has 3 N–H and O–H groups in total. The number of nitrogens with one attached hydrogen (secondary N) is 2. The average molecular weight is 824 g/mol. The van der Waals surface area contributed by atoms with Gasteiger partial charge in [-0.15, -0.1) is 15.6 Å². The van der Waals surface area contributed by atoms with Crippen LogP contribution in [0.2, 0.25) is 0 Å². The Labute approximate surface area is 328 Å². The van der Waals surface area contributed by atoms with Crippen molar-refractivity contribution >= 4 is 56.5 Å². The van der Waals surface area contributed by atoms with Gasteiger partial charge in [0.1, 0.15) is 41.6 Å². The van der Waals surface area contributed by atoms with Crippen molar-refractivity contribution in [3.8, 4) is 11.6 Å². The fourth-order valence-electron chi connectivity index (χ4n) is 5.07. The van der Waals surface area contributed by atoms with Crippen molar-refractivity contribution in [2.45, 2.75) is 91.5 Å². The van der Waals surface area contributed by atoms with Crippen LogP contribution in [0, 0.1) is 5.92 Å². The van der Waals surface area contributed by atoms with Crippen molar-refractivity contribution in [2.24, 2.45) is 11.1 Å². The molecule has 0 unspecified atom stereocenters. The summed E-state index contributed by atoms with van der Waals surface area (Å²) in [6.45, 7) is 14.4. The van der Waals surface area contributed by atoms with Crippen LogP contribution in [0.15, 0.2) is 47.6 Å². The molecule has 1 atom stereocenters. The molecule has 4 heterocycles. The number of ketones is 1. The highest BCUT2D eigenvalue weighted by Gasteiger charge is 2.57. The van der Waals surface area contributed by atoms with Crippen molar-refractivity contribution < 1.29 is 60.0 Å². The summed E-state index contributed by atoms with van der Waals surface area (Å²) in [5.74, 6) is -1.49. The van der Waals surface area contributed by atoms with Crippen LogP contribution in [0.1, 0.15) is 73.9 Å². The van der Waals surface area contributed by atoms with Crippen LogP contribution < -0.4 is 19.9 Å². The van der Waals surface area contributed by atoms with E-state index in [1.165, 1.54) is 25.4 Å². The number of hydrogen-bond donors (Lipinski definition) is 3. The quantitative estimate of drug-likeness (QED) is 0.0440. The summed E-state index contributed by atoms with van der Waals surface area (Å²) in [5.41, 5.74) is -2.86. The minimum Gasteiger partial charge on any atom is -0.488 e. The lowest BCUT2D eigenvalue weighted by Crippen LogP contribution is -2.68. The van der Waals surface area contributed by atoms with E-state index in [2.05, 4.69) is 30.0 Å². The fourth-order valence-corrected chi connectivity index (χ4v) is 6.20. The number of hydrogen-bond acceptors (Lipinski definition) is 15. The number of hydroxylamine groups is 2. The molecule has 20 nitrogen and oxygen atoms in total. The smallest absolute Gasteiger partial charge is 0.418 e. The second-order valence-corrected chi connectivity index (χ2v) is 16.8. The third-order valence-corrected chi connectivity index (χ3v) is 8.68. The lowest BCUT2D eigenvalue weighted by Gasteiger charge is -2.50. The molecule has 1 saturated heterocycles. The number of carbonyl (C=O) groups excluding carboxylic acids is 4. The van der Waals surface area contributed by atoms with Crippen LogP contribution in [-0.2, 0) is 45.1 Å². The van der Waals surface area contributed by atoms with E-state index in [0.717, 1.165) is 11.3 Å². The number of alkyl carbamates (subject to hydrolysis) is 1. The molecule has 306 valence electrons. The van der Waals surface area contributed by atoms with Gasteiger partial charge in [-0.1, -0.05) is 5.16 Å². The summed E-state index contributed by atoms with van der Waals surface area (Å²) in [4.78, 5) is 64.5. The van der Waals surface area contributed by atoms with E-state index in [-0.39, 0.29) is 29.8 Å². The summed E-state index contributed by atoms with van der Waals surface area (Å²) >= 11 is 0.990. The maximum absolute atomic E-state index is 13.6. The minimum absolute atomic E-state index is 0.00539. The number of nitrogens with zero attached hydrogens (tertiary/aromatic N) is 6. The third kappa shape index (κ3) is 13.0. The van der Waals surface area contributed by atoms with Gasteiger partial charge >= 0.3 is 22.6 Å². The summed E-state index contributed by atoms with van der Waals surface area (Å²) in [5, 5.41) is 11.2. The molecule has 0 aromatic carbocycles. The fraction of sp³-hybridized carbons (Fsp3) is 0.529. The number of aromatic nitrogens is 4. The molecule has 3 aromatic rings. The number of rotatable bonds is 17. The van der Waals surface area contributed by atoms with Crippen LogP contribution >= 0.6 is 11.3 Å². The number of anilines is 1. The highest BCUT2D eigenvalue weighted by atomic mass is 32.3. The molecule has 0 aliphatic carbocycles. The Hall–Kier alpha value is -5.19. The number of ether oxygens (including phenoxy) is 3. The highest BCUT2D eigenvalue weighted by molar-refractivity contribution is 7.80. The Morgan fingerprint density at radius 3 is 2.39 bits per heavy atom. The summed E-state index contributed by atoms with van der Waals surface area (Å²) in [6, 6.07) is 3.48. The molecule has 3 aromatic heterocycles. The van der Waals surface area contributed by atoms with Gasteiger partial charge in [0.25, 0.3) is 5.91 Å². The van der Waals surface area contributed by atoms with Crippen molar-refractivity contribution in [1.29, 1.82) is 0 Å². The van der Waals surface area contributed by atoms with E-state index in [4.69, 9.17) is 23.6 Å². The van der Waals surface area contributed by atoms with Crippen LogP contribution in [0.5, 0.6) is 5.75 Å². The predicted molar refractivity (Wildman–Crippen MR) is 199 cm³/mol. The topological polar surface area (TPSA) is 243 Å². The average Bonchev–Trinajstić information content (AvgIpc) is 3.74. The Balaban J connectivity index is 1.34. The number of aryl methyl sites for hydroxylation is 1. The van der Waals surface area contributed by atoms with Gasteiger partial charge in [0.2, 0.25) is 12.1 Å². The first-order valence-corrected chi connectivity index (χ1v) is 19.6. The Morgan fingerprint density at radius 1 is 1.07 bits per heavy atom. The van der Waals surface area contributed by atoms with E-state index in [0.29, 0.717) is 36.1 Å². The number of oxime groups is 1. The number of Topliss-reactive ketones (excluding diaryl/α,β-unsaturated/α-hetero) is 1. The molecule has 0 bridgehead atoms. The van der Waals surface area contributed by atoms with E-state index in [9.17, 15) is 27.6 Å². The second-order valence-electron chi connectivity index (χ2n) is 14.9. The molecular weight excluding hydrogens is 777 g/mol. The first-order valence-electron chi connectivity index (χ1n) is 17.3. The Bertz CT molecular complexity index is 2020. The Kier molecular flexibility index (Phi) is 13.8. The van der Waals surface area contributed by atoms with Crippen LogP contribution in [0.3, 0.4) is 0 Å². The monoisotopic (exact) mass is 823 g/mol. The maximum Gasteiger partial charge on any atom is 0.418 e. The number of β-lactam (4-membered cyclic amide) rings is 1. The van der Waals surface area contributed by atoms with Gasteiger partial charge in [-0.3, -0.25) is 19.5 Å². The van der Waals surface area contributed by atoms with Crippen molar-refractivity contribution in [3.05, 3.63) is 48.1 Å². The molecule has 4 rings (SSSR count). The highest BCUT2D eigenvalue weighted by Crippen LogP contribution is 2.40. The molecule has 56 heavy (non-hydrogen) atoms. The lowest BCUT2D eigenvalue weighted by atomic mass is 9.74. The number of imidazole rings is 1. The van der Waals surface area contributed by atoms with Gasteiger partial charge in [0.05, 0.1) is 24.2 Å². The molecule has 3 amide bonds. The Morgan fingerprint density at radius 2 is 1.77 bits per heavy atom. The number of thiazole rings is 1. The normalized spacial score (nSPS) is 15.8. The molecular formula is C34H47N8O12S2+. The molecule has 0 saturated carbocycles. The molecule has 1 aliphatic rings. The van der Waals surface area contributed by atoms with Crippen LogP contribution in [0.4, 0.5) is 14.7 Å². The molecule has 22 heteroatoms. The number of carbonyl (C=O) groups is 4. The van der Waals surface area contributed by atoms with E-state index in [1.807, 2.05) is 27.9 Å². The zero-order valence-electron chi connectivity index (χ0n) is 32.3. The predicted octanol–water partition coefficient (Wildman–Crippen LogP) is 3.61. The van der Waals surface area contributed by atoms with Crippen molar-refractivity contribution in [1.82, 2.24) is 24.9 Å². The third-order valence-electron chi connectivity index (χ3n) is 7.59. The SMILES string of the molecule is CC(C)(C)OC(=O)NCCC[n+]1ccn(-c2ccc(OCCO/N=C(\C(=O)C[C@@H]3C(=O)N(OS(=O)(=O)O)C3(C)C)c3csc(NC(=O)OC(C)(C)C)n3)cn2)c1. The van der Waals surface area contributed by atoms with Crippen LogP contribution in [-0.4, -0.2) is 98.7 Å². The molecule has 1 fully saturated rings. The maximum atomic E-state index is 13.6. The molecule has 1 aliphatic heterocycles. The van der Waals surface area contributed by atoms with E-state index < -0.39 is 63.4 Å². The number of pyridine rings is 1. The van der Waals surface area contributed by atoms with Crippen LogP contribution in [0.25, 0.3) is 5.82 Å². The molecule has 0 radical (unpaired) electrons. The van der Waals surface area contributed by atoms with Crippen molar-refractivity contribution in [3.63, 3.8) is 0 Å². The second kappa shape index (κ2) is 17.7. The first kappa shape index (κ1) is 43.5.